The maximum absolute atomic E-state index is 13.2. The molecule has 3 nitrogen and oxygen atoms in total. The molecule has 4 heteroatoms. The summed E-state index contributed by atoms with van der Waals surface area (Å²) in [6.45, 7) is 5.93. The van der Waals surface area contributed by atoms with Gasteiger partial charge in [0.15, 0.2) is 11.6 Å². The Labute approximate surface area is 71.0 Å². The molecule has 0 radical (unpaired) electrons. The predicted molar refractivity (Wildman–Crippen MR) is 45.6 cm³/mol. The summed E-state index contributed by atoms with van der Waals surface area (Å²) < 4.78 is 13.2. The Morgan fingerprint density at radius 3 is 2.58 bits per heavy atom. The number of nitrogens with one attached hydrogen (secondary N) is 1. The Hall–Kier alpha value is -1.19. The van der Waals surface area contributed by atoms with E-state index in [-0.39, 0.29) is 5.82 Å². The molecule has 1 N–H and O–H groups in total. The molecular formula is C8H12FN3. The van der Waals surface area contributed by atoms with E-state index in [1.54, 1.807) is 13.8 Å². The molecule has 0 saturated carbocycles. The minimum Gasteiger partial charge on any atom is -0.368 e. The molecule has 0 unspecified atom stereocenters. The SMILES string of the molecule is CCNc1nc(C)nc(C)c1F. The highest BCUT2D eigenvalue weighted by Crippen LogP contribution is 2.12. The largest absolute Gasteiger partial charge is 0.368 e. The van der Waals surface area contributed by atoms with E-state index in [2.05, 4.69) is 15.3 Å². The molecular weight excluding hydrogens is 157 g/mol. The van der Waals surface area contributed by atoms with Crippen LogP contribution in [-0.4, -0.2) is 16.5 Å². The number of hydrogen-bond acceptors (Lipinski definition) is 3. The van der Waals surface area contributed by atoms with Crippen LogP contribution in [-0.2, 0) is 0 Å². The molecule has 66 valence electrons. The minimum absolute atomic E-state index is 0.294. The normalized spacial score (nSPS) is 10.0. The van der Waals surface area contributed by atoms with Crippen LogP contribution in [0.3, 0.4) is 0 Å². The number of anilines is 1. The summed E-state index contributed by atoms with van der Waals surface area (Å²) in [6.07, 6.45) is 0. The molecule has 0 aliphatic heterocycles. The Morgan fingerprint density at radius 1 is 1.33 bits per heavy atom. The van der Waals surface area contributed by atoms with Gasteiger partial charge in [0, 0.05) is 6.54 Å². The van der Waals surface area contributed by atoms with Gasteiger partial charge in [0.2, 0.25) is 0 Å². The first-order valence-electron chi connectivity index (χ1n) is 3.89. The number of rotatable bonds is 2. The Bertz CT molecular complexity index is 286. The van der Waals surface area contributed by atoms with E-state index in [0.29, 0.717) is 23.9 Å². The Balaban J connectivity index is 3.09. The van der Waals surface area contributed by atoms with Crippen molar-refractivity contribution in [1.82, 2.24) is 9.97 Å². The summed E-state index contributed by atoms with van der Waals surface area (Å²) in [5.74, 6) is 0.523. The van der Waals surface area contributed by atoms with E-state index >= 15 is 0 Å². The lowest BCUT2D eigenvalue weighted by Gasteiger charge is -2.05. The first-order valence-corrected chi connectivity index (χ1v) is 3.89. The van der Waals surface area contributed by atoms with Crippen LogP contribution in [0.2, 0.25) is 0 Å². The molecule has 0 aliphatic carbocycles. The van der Waals surface area contributed by atoms with E-state index in [0.717, 1.165) is 0 Å². The van der Waals surface area contributed by atoms with Crippen molar-refractivity contribution in [3.63, 3.8) is 0 Å². The summed E-state index contributed by atoms with van der Waals surface area (Å²) in [5, 5.41) is 2.83. The second kappa shape index (κ2) is 3.47. The van der Waals surface area contributed by atoms with Crippen LogP contribution in [0.4, 0.5) is 10.2 Å². The predicted octanol–water partition coefficient (Wildman–Crippen LogP) is 1.66. The third-order valence-corrected chi connectivity index (χ3v) is 1.47. The number of aromatic nitrogens is 2. The quantitative estimate of drug-likeness (QED) is 0.731. The lowest BCUT2D eigenvalue weighted by molar-refractivity contribution is 0.602. The zero-order valence-corrected chi connectivity index (χ0v) is 7.48. The smallest absolute Gasteiger partial charge is 0.186 e. The van der Waals surface area contributed by atoms with Gasteiger partial charge >= 0.3 is 0 Å². The van der Waals surface area contributed by atoms with Crippen molar-refractivity contribution >= 4 is 5.82 Å². The van der Waals surface area contributed by atoms with Gasteiger partial charge < -0.3 is 5.32 Å². The molecule has 0 fully saturated rings. The van der Waals surface area contributed by atoms with Crippen LogP contribution >= 0.6 is 0 Å². The zero-order chi connectivity index (χ0) is 9.14. The maximum Gasteiger partial charge on any atom is 0.186 e. The molecule has 0 aliphatic rings. The lowest BCUT2D eigenvalue weighted by atomic mass is 10.4. The van der Waals surface area contributed by atoms with Crippen LogP contribution in [0, 0.1) is 19.7 Å². The Kier molecular flexibility index (Phi) is 2.58. The highest BCUT2D eigenvalue weighted by atomic mass is 19.1. The van der Waals surface area contributed by atoms with Crippen LogP contribution in [0.5, 0.6) is 0 Å². The van der Waals surface area contributed by atoms with Gasteiger partial charge in [-0.2, -0.15) is 0 Å². The summed E-state index contributed by atoms with van der Waals surface area (Å²) in [7, 11) is 0. The van der Waals surface area contributed by atoms with Crippen molar-refractivity contribution in [2.24, 2.45) is 0 Å². The fourth-order valence-corrected chi connectivity index (χ4v) is 0.984. The van der Waals surface area contributed by atoms with Crippen molar-refractivity contribution in [1.29, 1.82) is 0 Å². The molecule has 12 heavy (non-hydrogen) atoms. The van der Waals surface area contributed by atoms with E-state index in [9.17, 15) is 4.39 Å². The van der Waals surface area contributed by atoms with Gasteiger partial charge in [-0.25, -0.2) is 14.4 Å². The van der Waals surface area contributed by atoms with E-state index in [4.69, 9.17) is 0 Å². The second-order valence-corrected chi connectivity index (χ2v) is 2.55. The number of aryl methyl sites for hydroxylation is 2. The average molecular weight is 169 g/mol. The van der Waals surface area contributed by atoms with Crippen molar-refractivity contribution in [2.75, 3.05) is 11.9 Å². The van der Waals surface area contributed by atoms with Gasteiger partial charge in [-0.3, -0.25) is 0 Å². The van der Waals surface area contributed by atoms with Crippen LogP contribution < -0.4 is 5.32 Å². The van der Waals surface area contributed by atoms with Crippen LogP contribution in [0.25, 0.3) is 0 Å². The molecule has 0 atom stereocenters. The Morgan fingerprint density at radius 2 is 2.00 bits per heavy atom. The van der Waals surface area contributed by atoms with Gasteiger partial charge in [0.1, 0.15) is 5.82 Å². The highest BCUT2D eigenvalue weighted by molar-refractivity contribution is 5.37. The molecule has 0 saturated heterocycles. The number of nitrogens with zero attached hydrogens (tertiary/aromatic N) is 2. The summed E-state index contributed by atoms with van der Waals surface area (Å²) in [4.78, 5) is 7.82. The lowest BCUT2D eigenvalue weighted by Crippen LogP contribution is -2.06. The van der Waals surface area contributed by atoms with Gasteiger partial charge in [-0.05, 0) is 20.8 Å². The third-order valence-electron chi connectivity index (χ3n) is 1.47. The first kappa shape index (κ1) is 8.90. The molecule has 1 aromatic rings. The van der Waals surface area contributed by atoms with Crippen molar-refractivity contribution < 1.29 is 4.39 Å². The van der Waals surface area contributed by atoms with Gasteiger partial charge in [-0.1, -0.05) is 0 Å². The molecule has 0 aromatic carbocycles. The topological polar surface area (TPSA) is 37.8 Å². The summed E-state index contributed by atoms with van der Waals surface area (Å²) in [5.41, 5.74) is 0.387. The molecule has 0 amide bonds. The molecule has 0 bridgehead atoms. The molecule has 1 aromatic heterocycles. The fourth-order valence-electron chi connectivity index (χ4n) is 0.984. The van der Waals surface area contributed by atoms with Crippen LogP contribution in [0.1, 0.15) is 18.4 Å². The monoisotopic (exact) mass is 169 g/mol. The minimum atomic E-state index is -0.359. The van der Waals surface area contributed by atoms with Crippen molar-refractivity contribution in [2.45, 2.75) is 20.8 Å². The van der Waals surface area contributed by atoms with Gasteiger partial charge in [-0.15, -0.1) is 0 Å². The number of halogens is 1. The van der Waals surface area contributed by atoms with E-state index in [1.807, 2.05) is 6.92 Å². The maximum atomic E-state index is 13.2. The average Bonchev–Trinajstić information content (AvgIpc) is 2.00. The van der Waals surface area contributed by atoms with E-state index < -0.39 is 0 Å². The number of hydrogen-bond donors (Lipinski definition) is 1. The second-order valence-electron chi connectivity index (χ2n) is 2.55. The zero-order valence-electron chi connectivity index (χ0n) is 7.48. The van der Waals surface area contributed by atoms with Gasteiger partial charge in [0.25, 0.3) is 0 Å². The van der Waals surface area contributed by atoms with Crippen LogP contribution in [0.15, 0.2) is 0 Å². The highest BCUT2D eigenvalue weighted by Gasteiger charge is 2.07. The van der Waals surface area contributed by atoms with Gasteiger partial charge in [0.05, 0.1) is 5.69 Å². The third kappa shape index (κ3) is 1.69. The van der Waals surface area contributed by atoms with Crippen molar-refractivity contribution in [3.05, 3.63) is 17.3 Å². The first-order chi connectivity index (χ1) is 5.65. The summed E-state index contributed by atoms with van der Waals surface area (Å²) in [6, 6.07) is 0. The van der Waals surface area contributed by atoms with E-state index in [1.165, 1.54) is 0 Å². The van der Waals surface area contributed by atoms with Crippen molar-refractivity contribution in [3.8, 4) is 0 Å². The molecule has 1 heterocycles. The summed E-state index contributed by atoms with van der Waals surface area (Å²) >= 11 is 0. The molecule has 0 spiro atoms. The fraction of sp³-hybridized carbons (Fsp3) is 0.500. The molecule has 1 rings (SSSR count). The standard InChI is InChI=1S/C8H12FN3/c1-4-10-8-7(9)5(2)11-6(3)12-8/h4H2,1-3H3,(H,10,11,12).